The number of hydrogen-bond donors (Lipinski definition) is 2. The quantitative estimate of drug-likeness (QED) is 0.285. The van der Waals surface area contributed by atoms with Gasteiger partial charge >= 0.3 is 205 Å². The van der Waals surface area contributed by atoms with Gasteiger partial charge in [0.15, 0.2) is 0 Å². The van der Waals surface area contributed by atoms with Crippen molar-refractivity contribution in [2.24, 2.45) is 0 Å². The maximum atomic E-state index is 12.2. The standard InChI is InChI=1S/C30H24O2Te/c31-29(23-13-5-1-6-14-23,24-15-7-2-8-16-24)27-21-22-28(33-27)30(32,25-17-9-3-10-18-25)26-19-11-4-12-20-26/h1-22,31-32H. The predicted molar refractivity (Wildman–Crippen MR) is 133 cm³/mol. The molecule has 162 valence electrons. The SMILES string of the molecule is OC(c1ccccc1)(c1ccccc1)c1ccc(C(O)(c2ccccc2)c2ccccc2)[te]1. The fourth-order valence-corrected chi connectivity index (χ4v) is 7.99. The zero-order valence-corrected chi connectivity index (χ0v) is 20.3. The van der Waals surface area contributed by atoms with Gasteiger partial charge in [-0.2, -0.15) is 0 Å². The fourth-order valence-electron chi connectivity index (χ4n) is 4.35. The Hall–Kier alpha value is -2.93. The van der Waals surface area contributed by atoms with Crippen molar-refractivity contribution in [3.8, 4) is 0 Å². The molecular formula is C30H24O2Te. The summed E-state index contributed by atoms with van der Waals surface area (Å²) >= 11 is -1.09. The molecule has 0 unspecified atom stereocenters. The van der Waals surface area contributed by atoms with Crippen molar-refractivity contribution in [3.05, 3.63) is 163 Å². The maximum absolute atomic E-state index is 12.2. The van der Waals surface area contributed by atoms with E-state index in [2.05, 4.69) is 0 Å². The molecule has 0 bridgehead atoms. The molecule has 0 amide bonds. The first-order chi connectivity index (χ1) is 16.1. The molecule has 0 aliphatic rings. The van der Waals surface area contributed by atoms with Gasteiger partial charge in [0.05, 0.1) is 0 Å². The molecular weight excluding hydrogens is 520 g/mol. The van der Waals surface area contributed by atoms with Crippen LogP contribution in [0.1, 0.15) is 29.4 Å². The molecule has 1 aromatic heterocycles. The first-order valence-corrected chi connectivity index (χ1v) is 13.2. The summed E-state index contributed by atoms with van der Waals surface area (Å²) in [7, 11) is 0. The van der Waals surface area contributed by atoms with Crippen LogP contribution in [0.15, 0.2) is 133 Å². The Bertz CT molecular complexity index is 1130. The average molecular weight is 544 g/mol. The van der Waals surface area contributed by atoms with Gasteiger partial charge in [-0.3, -0.25) is 0 Å². The third-order valence-electron chi connectivity index (χ3n) is 6.09. The van der Waals surface area contributed by atoms with Crippen molar-refractivity contribution in [1.82, 2.24) is 0 Å². The molecule has 0 spiro atoms. The van der Waals surface area contributed by atoms with E-state index in [0.29, 0.717) is 0 Å². The normalized spacial score (nSPS) is 11.9. The molecule has 0 saturated heterocycles. The van der Waals surface area contributed by atoms with E-state index in [1.54, 1.807) is 0 Å². The molecule has 5 rings (SSSR count). The van der Waals surface area contributed by atoms with Crippen LogP contribution >= 0.6 is 0 Å². The molecule has 0 fully saturated rings. The molecule has 33 heavy (non-hydrogen) atoms. The first kappa shape index (κ1) is 21.9. The second-order valence-corrected chi connectivity index (χ2v) is 11.1. The number of aliphatic hydroxyl groups is 2. The van der Waals surface area contributed by atoms with Crippen molar-refractivity contribution < 1.29 is 10.2 Å². The molecule has 1 heterocycles. The van der Waals surface area contributed by atoms with Gasteiger partial charge in [0, 0.05) is 0 Å². The van der Waals surface area contributed by atoms with E-state index in [4.69, 9.17) is 0 Å². The van der Waals surface area contributed by atoms with Gasteiger partial charge in [0.25, 0.3) is 0 Å². The van der Waals surface area contributed by atoms with Crippen LogP contribution in [-0.4, -0.2) is 30.6 Å². The van der Waals surface area contributed by atoms with Gasteiger partial charge in [0.1, 0.15) is 0 Å². The van der Waals surface area contributed by atoms with Crippen molar-refractivity contribution in [3.63, 3.8) is 0 Å². The van der Waals surface area contributed by atoms with E-state index in [1.807, 2.05) is 133 Å². The summed E-state index contributed by atoms with van der Waals surface area (Å²) in [6.45, 7) is 0. The third-order valence-corrected chi connectivity index (χ3v) is 9.80. The summed E-state index contributed by atoms with van der Waals surface area (Å²) in [6.07, 6.45) is 0. The van der Waals surface area contributed by atoms with Crippen LogP contribution in [0.5, 0.6) is 0 Å². The van der Waals surface area contributed by atoms with Gasteiger partial charge in [-0.1, -0.05) is 0 Å². The Morgan fingerprint density at radius 3 is 0.848 bits per heavy atom. The van der Waals surface area contributed by atoms with Crippen molar-refractivity contribution in [2.45, 2.75) is 11.2 Å². The molecule has 4 aromatic carbocycles. The van der Waals surface area contributed by atoms with E-state index in [0.717, 1.165) is 29.4 Å². The summed E-state index contributed by atoms with van der Waals surface area (Å²) in [4.78, 5) is 0. The Labute approximate surface area is 204 Å². The van der Waals surface area contributed by atoms with E-state index in [1.165, 1.54) is 0 Å². The molecule has 2 N–H and O–H groups in total. The summed E-state index contributed by atoms with van der Waals surface area (Å²) in [5.41, 5.74) is 0.875. The second-order valence-electron chi connectivity index (χ2n) is 8.05. The van der Waals surface area contributed by atoms with Crippen molar-refractivity contribution >= 4 is 20.4 Å². The fraction of sp³-hybridized carbons (Fsp3) is 0.0667. The minimum absolute atomic E-state index is 0.838. The van der Waals surface area contributed by atoms with E-state index in [-0.39, 0.29) is 0 Å². The Morgan fingerprint density at radius 2 is 0.606 bits per heavy atom. The van der Waals surface area contributed by atoms with Crippen LogP contribution in [0, 0.1) is 0 Å². The van der Waals surface area contributed by atoms with Crippen LogP contribution < -0.4 is 0 Å². The van der Waals surface area contributed by atoms with Crippen molar-refractivity contribution in [1.29, 1.82) is 0 Å². The van der Waals surface area contributed by atoms with Gasteiger partial charge in [-0.25, -0.2) is 0 Å². The molecule has 5 aromatic rings. The zero-order chi connectivity index (χ0) is 22.7. The topological polar surface area (TPSA) is 40.5 Å². The molecule has 0 aliphatic heterocycles. The summed E-state index contributed by atoms with van der Waals surface area (Å²) in [5, 5.41) is 24.5. The number of benzene rings is 4. The molecule has 3 heteroatoms. The molecule has 0 radical (unpaired) electrons. The average Bonchev–Trinajstić information content (AvgIpc) is 3.41. The Morgan fingerprint density at radius 1 is 0.364 bits per heavy atom. The second kappa shape index (κ2) is 9.14. The molecule has 0 aliphatic carbocycles. The van der Waals surface area contributed by atoms with Gasteiger partial charge in [-0.05, 0) is 0 Å². The number of rotatable bonds is 6. The minimum atomic E-state index is -1.24. The summed E-state index contributed by atoms with van der Waals surface area (Å²) in [5.74, 6) is 0. The number of hydrogen-bond acceptors (Lipinski definition) is 2. The van der Waals surface area contributed by atoms with Gasteiger partial charge < -0.3 is 0 Å². The van der Waals surface area contributed by atoms with E-state index in [9.17, 15) is 10.2 Å². The summed E-state index contributed by atoms with van der Waals surface area (Å²) < 4.78 is 1.93. The van der Waals surface area contributed by atoms with Crippen LogP contribution in [0.25, 0.3) is 0 Å². The molecule has 2 nitrogen and oxygen atoms in total. The first-order valence-electron chi connectivity index (χ1n) is 10.9. The molecule has 0 atom stereocenters. The Kier molecular flexibility index (Phi) is 6.06. The van der Waals surface area contributed by atoms with Crippen LogP contribution in [0.2, 0.25) is 0 Å². The van der Waals surface area contributed by atoms with Crippen molar-refractivity contribution in [2.75, 3.05) is 0 Å². The predicted octanol–water partition coefficient (Wildman–Crippen LogP) is 5.31. The van der Waals surface area contributed by atoms with E-state index < -0.39 is 31.6 Å². The van der Waals surface area contributed by atoms with Crippen LogP contribution in [0.3, 0.4) is 0 Å². The van der Waals surface area contributed by atoms with Crippen LogP contribution in [0.4, 0.5) is 0 Å². The third kappa shape index (κ3) is 3.88. The Balaban J connectivity index is 1.71. The van der Waals surface area contributed by atoms with Gasteiger partial charge in [0.2, 0.25) is 0 Å². The summed E-state index contributed by atoms with van der Waals surface area (Å²) in [6, 6.07) is 43.3. The van der Waals surface area contributed by atoms with Gasteiger partial charge in [-0.15, -0.1) is 0 Å². The van der Waals surface area contributed by atoms with Crippen LogP contribution in [-0.2, 0) is 11.2 Å². The molecule has 0 saturated carbocycles. The monoisotopic (exact) mass is 546 g/mol. The van der Waals surface area contributed by atoms with E-state index >= 15 is 0 Å². The zero-order valence-electron chi connectivity index (χ0n) is 18.0.